The van der Waals surface area contributed by atoms with Crippen molar-refractivity contribution in [3.8, 4) is 0 Å². The molecule has 53 heavy (non-hydrogen) atoms. The smallest absolute Gasteiger partial charge is 0.305 e. The van der Waals surface area contributed by atoms with Gasteiger partial charge in [0.15, 0.2) is 0 Å². The molecule has 0 bridgehead atoms. The van der Waals surface area contributed by atoms with E-state index in [1.807, 2.05) is 22.3 Å². The molecular weight excluding hydrogens is 645 g/mol. The van der Waals surface area contributed by atoms with E-state index < -0.39 is 0 Å². The number of methoxy groups -OCH3 is 1. The first-order valence-corrected chi connectivity index (χ1v) is 21.1. The summed E-state index contributed by atoms with van der Waals surface area (Å²) in [5.41, 5.74) is 31.8. The predicted octanol–water partition coefficient (Wildman–Crippen LogP) is 8.33. The Labute approximate surface area is 307 Å². The molecule has 0 amide bonds. The number of fused-ring (bicyclic) bond motifs is 1. The van der Waals surface area contributed by atoms with Crippen LogP contribution in [-0.2, 0) is 20.4 Å². The fourth-order valence-electron chi connectivity index (χ4n) is 18.7. The molecule has 0 aliphatic heterocycles. The first-order chi connectivity index (χ1) is 26.2. The topological polar surface area (TPSA) is 26.3 Å². The van der Waals surface area contributed by atoms with Gasteiger partial charge in [0.1, 0.15) is 0 Å². The van der Waals surface area contributed by atoms with Crippen molar-refractivity contribution in [1.82, 2.24) is 0 Å². The normalized spacial score (nSPS) is 42.0. The van der Waals surface area contributed by atoms with Crippen molar-refractivity contribution in [2.45, 2.75) is 68.1 Å². The number of ether oxygens (including phenoxy) is 1. The second kappa shape index (κ2) is 7.10. The number of carbonyl (C=O) groups excluding carboxylic acids is 1. The molecule has 3 aromatic carbocycles. The molecule has 0 N–H and O–H groups in total. The molecule has 0 radical (unpaired) electrons. The molecule has 4 saturated carbocycles. The summed E-state index contributed by atoms with van der Waals surface area (Å²) < 4.78 is 5.25. The van der Waals surface area contributed by atoms with Crippen LogP contribution in [-0.4, -0.2) is 13.1 Å². The van der Waals surface area contributed by atoms with Crippen molar-refractivity contribution >= 4 is 50.2 Å². The van der Waals surface area contributed by atoms with Crippen LogP contribution in [0.5, 0.6) is 0 Å². The van der Waals surface area contributed by atoms with E-state index in [1.54, 1.807) is 101 Å². The zero-order chi connectivity index (χ0) is 33.5. The van der Waals surface area contributed by atoms with Crippen LogP contribution in [0.2, 0.25) is 0 Å². The summed E-state index contributed by atoms with van der Waals surface area (Å²) in [6.07, 6.45) is 17.7. The van der Waals surface area contributed by atoms with Gasteiger partial charge in [0.2, 0.25) is 0 Å². The highest BCUT2D eigenvalue weighted by molar-refractivity contribution is 6.32. The monoisotopic (exact) mass is 680 g/mol. The van der Waals surface area contributed by atoms with E-state index in [0.29, 0.717) is 47.8 Å². The second-order valence-corrected chi connectivity index (χ2v) is 20.2. The van der Waals surface area contributed by atoms with Gasteiger partial charge in [0, 0.05) is 46.8 Å². The van der Waals surface area contributed by atoms with Crippen molar-refractivity contribution in [3.05, 3.63) is 126 Å². The lowest BCUT2D eigenvalue weighted by atomic mass is 9.59. The lowest BCUT2D eigenvalue weighted by Gasteiger charge is -2.44. The third-order valence-corrected chi connectivity index (χ3v) is 19.3. The summed E-state index contributed by atoms with van der Waals surface area (Å²) in [4.78, 5) is 12.7. The van der Waals surface area contributed by atoms with Crippen LogP contribution in [0.25, 0.3) is 44.2 Å². The first-order valence-electron chi connectivity index (χ1n) is 21.1. The van der Waals surface area contributed by atoms with Crippen molar-refractivity contribution in [2.75, 3.05) is 7.11 Å². The average Bonchev–Trinajstić information content (AvgIpc) is 3.86. The minimum atomic E-state index is -0.0628. The Bertz CT molecular complexity index is 3060. The Morgan fingerprint density at radius 3 is 2.62 bits per heavy atom. The molecule has 11 atom stereocenters. The molecule has 0 heterocycles. The van der Waals surface area contributed by atoms with Crippen LogP contribution >= 0.6 is 0 Å². The van der Waals surface area contributed by atoms with Gasteiger partial charge >= 0.3 is 5.97 Å². The Morgan fingerprint density at radius 1 is 0.792 bits per heavy atom. The van der Waals surface area contributed by atoms with Gasteiger partial charge in [-0.3, -0.25) is 4.79 Å². The summed E-state index contributed by atoms with van der Waals surface area (Å²) in [7, 11) is 1.56. The number of hydrogen-bond acceptors (Lipinski definition) is 2. The maximum Gasteiger partial charge on any atom is 0.305 e. The van der Waals surface area contributed by atoms with E-state index in [-0.39, 0.29) is 16.8 Å². The Kier molecular flexibility index (Phi) is 3.42. The van der Waals surface area contributed by atoms with E-state index in [4.69, 9.17) is 4.74 Å². The molecule has 252 valence electrons. The summed E-state index contributed by atoms with van der Waals surface area (Å²) >= 11 is 0. The highest BCUT2D eigenvalue weighted by atomic mass is 16.5. The molecule has 2 nitrogen and oxygen atoms in total. The molecular formula is C51H36O2. The van der Waals surface area contributed by atoms with Crippen molar-refractivity contribution in [1.29, 1.82) is 0 Å². The number of rotatable bonds is 5. The third kappa shape index (κ3) is 2.03. The quantitative estimate of drug-likeness (QED) is 0.254. The van der Waals surface area contributed by atoms with Crippen LogP contribution in [0.3, 0.4) is 0 Å². The third-order valence-electron chi connectivity index (χ3n) is 19.3. The molecule has 3 aromatic rings. The van der Waals surface area contributed by atoms with Gasteiger partial charge in [-0.1, -0.05) is 54.1 Å². The van der Waals surface area contributed by atoms with Crippen LogP contribution < -0.4 is 10.4 Å². The van der Waals surface area contributed by atoms with Crippen molar-refractivity contribution in [3.63, 3.8) is 0 Å². The van der Waals surface area contributed by atoms with Crippen LogP contribution in [0, 0.1) is 47.3 Å². The summed E-state index contributed by atoms with van der Waals surface area (Å²) in [5, 5.41) is 6.97. The molecule has 4 fully saturated rings. The SMILES string of the molecule is COC(=O)CCCC1(c2ccccc2)C2C3=CC4CC5=CC6CC7CC8CC9=CC%10CC21c1c%10c2c%10c%11c%12c%13c%14c%10c1C3=C%14C4C5=C%13C6C=%12C7C8=C%11C=29. The highest BCUT2D eigenvalue weighted by Gasteiger charge is 2.83. The zero-order valence-corrected chi connectivity index (χ0v) is 29.8. The summed E-state index contributed by atoms with van der Waals surface area (Å²) in [5.74, 6) is 5.60. The first kappa shape index (κ1) is 25.6. The van der Waals surface area contributed by atoms with Crippen LogP contribution in [0.1, 0.15) is 96.2 Å². The standard InChI is InChI=1S/C51H36O2/c1-53-27(52)8-5-9-50(25-6-3-2-4-7-25)49-26-16-23-14-20-12-21-11-18-10-19-13-22-15-24-17-51(49,50)48-34(24)39-33(22)38-29(19)28(18)36-32(21)37-30(20)31(23)40-35(26)47(48)46-44(39)42(38)41(36)43(37)45(40)46/h2-4,6-7,12,15-16,18-19,21,23-24,28,31-32,49H,5,8-11,13-14,17H2,1H3. The van der Waals surface area contributed by atoms with Gasteiger partial charge in [0.25, 0.3) is 0 Å². The molecule has 15 aliphatic rings. The molecule has 11 unspecified atom stereocenters. The number of allylic oxidation sites excluding steroid dienone is 12. The highest BCUT2D eigenvalue weighted by Crippen LogP contribution is 2.87. The Hall–Kier alpha value is -4.43. The molecule has 18 rings (SSSR count). The van der Waals surface area contributed by atoms with Crippen molar-refractivity contribution in [2.24, 2.45) is 47.3 Å². The minimum absolute atomic E-state index is 0.00980. The van der Waals surface area contributed by atoms with Gasteiger partial charge in [-0.15, -0.1) is 0 Å². The largest absolute Gasteiger partial charge is 0.469 e. The van der Waals surface area contributed by atoms with Gasteiger partial charge in [-0.25, -0.2) is 0 Å². The van der Waals surface area contributed by atoms with E-state index in [1.165, 1.54) is 37.7 Å². The minimum Gasteiger partial charge on any atom is -0.469 e. The van der Waals surface area contributed by atoms with E-state index in [2.05, 4.69) is 48.6 Å². The molecule has 1 spiro atoms. The van der Waals surface area contributed by atoms with Gasteiger partial charge in [-0.2, -0.15) is 0 Å². The predicted molar refractivity (Wildman–Crippen MR) is 204 cm³/mol. The fraction of sp³-hybridized carbons (Fsp3) is 0.392. The average molecular weight is 681 g/mol. The summed E-state index contributed by atoms with van der Waals surface area (Å²) in [6, 6.07) is 11.7. The lowest BCUT2D eigenvalue weighted by molar-refractivity contribution is -0.140. The molecule has 15 aliphatic carbocycles. The Morgan fingerprint density at radius 2 is 1.72 bits per heavy atom. The number of hydrogen-bond donors (Lipinski definition) is 0. The van der Waals surface area contributed by atoms with Gasteiger partial charge in [0.05, 0.1) is 7.11 Å². The van der Waals surface area contributed by atoms with Crippen LogP contribution in [0.4, 0.5) is 0 Å². The number of benzene rings is 3. The van der Waals surface area contributed by atoms with Crippen LogP contribution in [0.15, 0.2) is 76.4 Å². The molecule has 0 aromatic heterocycles. The van der Waals surface area contributed by atoms with E-state index in [9.17, 15) is 4.79 Å². The lowest BCUT2D eigenvalue weighted by Crippen LogP contribution is -2.35. The van der Waals surface area contributed by atoms with Gasteiger partial charge < -0.3 is 4.74 Å². The van der Waals surface area contributed by atoms with Crippen molar-refractivity contribution < 1.29 is 9.53 Å². The van der Waals surface area contributed by atoms with E-state index in [0.717, 1.165) is 24.7 Å². The molecule has 0 saturated heterocycles. The summed E-state index contributed by atoms with van der Waals surface area (Å²) in [6.45, 7) is 0. The zero-order valence-electron chi connectivity index (χ0n) is 29.8. The van der Waals surface area contributed by atoms with Gasteiger partial charge in [-0.05, 0) is 185 Å². The number of esters is 1. The Balaban J connectivity index is 1.08. The molecule has 2 heteroatoms. The fourth-order valence-corrected chi connectivity index (χ4v) is 18.7. The maximum absolute atomic E-state index is 12.7. The number of carbonyl (C=O) groups is 1. The maximum atomic E-state index is 12.7. The van der Waals surface area contributed by atoms with E-state index >= 15 is 0 Å². The second-order valence-electron chi connectivity index (χ2n) is 20.2.